The van der Waals surface area contributed by atoms with Crippen LogP contribution in [0.25, 0.3) is 0 Å². The van der Waals surface area contributed by atoms with E-state index in [0.29, 0.717) is 34.6 Å². The summed E-state index contributed by atoms with van der Waals surface area (Å²) in [5, 5.41) is 3.03. The van der Waals surface area contributed by atoms with Crippen molar-refractivity contribution in [3.05, 3.63) is 47.5 Å². The molecule has 0 unspecified atom stereocenters. The Morgan fingerprint density at radius 2 is 1.75 bits per heavy atom. The van der Waals surface area contributed by atoms with Crippen molar-refractivity contribution < 1.29 is 28.5 Å². The molecule has 7 nitrogen and oxygen atoms in total. The van der Waals surface area contributed by atoms with Gasteiger partial charge in [-0.2, -0.15) is 0 Å². The Morgan fingerprint density at radius 3 is 2.43 bits per heavy atom. The second-order valence-electron chi connectivity index (χ2n) is 5.53. The zero-order chi connectivity index (χ0) is 20.4. The molecular formula is C20H22ClNO6. The van der Waals surface area contributed by atoms with Crippen LogP contribution >= 0.6 is 11.6 Å². The number of ether oxygens (including phenoxy) is 4. The minimum atomic E-state index is -0.554. The zero-order valence-corrected chi connectivity index (χ0v) is 16.5. The summed E-state index contributed by atoms with van der Waals surface area (Å²) >= 11 is 5.91. The van der Waals surface area contributed by atoms with E-state index in [1.165, 1.54) is 7.11 Å². The second-order valence-corrected chi connectivity index (χ2v) is 5.97. The van der Waals surface area contributed by atoms with E-state index in [1.54, 1.807) is 30.3 Å². The Bertz CT molecular complexity index is 811. The van der Waals surface area contributed by atoms with Crippen LogP contribution in [0.15, 0.2) is 42.5 Å². The quantitative estimate of drug-likeness (QED) is 0.605. The van der Waals surface area contributed by atoms with Crippen LogP contribution in [-0.2, 0) is 14.3 Å². The third kappa shape index (κ3) is 6.66. The van der Waals surface area contributed by atoms with Crippen LogP contribution in [0.5, 0.6) is 17.2 Å². The maximum Gasteiger partial charge on any atom is 0.309 e. The van der Waals surface area contributed by atoms with Crippen LogP contribution in [0.4, 0.5) is 5.69 Å². The van der Waals surface area contributed by atoms with E-state index in [4.69, 9.17) is 30.5 Å². The monoisotopic (exact) mass is 407 g/mol. The molecule has 0 bridgehead atoms. The van der Waals surface area contributed by atoms with Crippen LogP contribution in [-0.4, -0.2) is 38.8 Å². The number of carbonyl (C=O) groups excluding carboxylic acids is 2. The highest BCUT2D eigenvalue weighted by atomic mass is 35.5. The van der Waals surface area contributed by atoms with Gasteiger partial charge >= 0.3 is 5.97 Å². The Morgan fingerprint density at radius 1 is 1.04 bits per heavy atom. The molecule has 0 aliphatic heterocycles. The Hall–Kier alpha value is -2.93. The molecule has 2 aromatic carbocycles. The van der Waals surface area contributed by atoms with Gasteiger partial charge < -0.3 is 24.3 Å². The predicted octanol–water partition coefficient (Wildman–Crippen LogP) is 3.70. The van der Waals surface area contributed by atoms with Crippen molar-refractivity contribution in [1.29, 1.82) is 0 Å². The van der Waals surface area contributed by atoms with E-state index >= 15 is 0 Å². The largest absolute Gasteiger partial charge is 0.495 e. The molecule has 0 spiro atoms. The minimum Gasteiger partial charge on any atom is -0.495 e. The molecule has 0 saturated heterocycles. The normalized spacial score (nSPS) is 10.1. The number of para-hydroxylation sites is 2. The molecule has 0 aromatic heterocycles. The fourth-order valence-corrected chi connectivity index (χ4v) is 2.44. The van der Waals surface area contributed by atoms with Crippen LogP contribution < -0.4 is 19.5 Å². The van der Waals surface area contributed by atoms with E-state index in [-0.39, 0.29) is 13.0 Å². The number of nitrogens with one attached hydrogen (secondary N) is 1. The topological polar surface area (TPSA) is 83.1 Å². The summed E-state index contributed by atoms with van der Waals surface area (Å²) in [4.78, 5) is 23.8. The summed E-state index contributed by atoms with van der Waals surface area (Å²) < 4.78 is 21.1. The molecule has 0 saturated carbocycles. The molecule has 0 heterocycles. The standard InChI is InChI=1S/C20H22ClNO6/c1-3-26-17-6-4-5-7-18(17)27-11-10-20(24)28-13-19(23)22-15-12-14(21)8-9-16(15)25-2/h4-9,12H,3,10-11,13H2,1-2H3,(H,22,23). The van der Waals surface area contributed by atoms with Crippen LogP contribution in [0.3, 0.4) is 0 Å². The highest BCUT2D eigenvalue weighted by Gasteiger charge is 2.12. The molecule has 0 fully saturated rings. The fraction of sp³-hybridized carbons (Fsp3) is 0.300. The SMILES string of the molecule is CCOc1ccccc1OCCC(=O)OCC(=O)Nc1cc(Cl)ccc1OC. The van der Waals surface area contributed by atoms with Crippen LogP contribution in [0, 0.1) is 0 Å². The lowest BCUT2D eigenvalue weighted by Crippen LogP contribution is -2.22. The third-order valence-electron chi connectivity index (χ3n) is 3.51. The molecule has 8 heteroatoms. The maximum atomic E-state index is 12.0. The first-order valence-electron chi connectivity index (χ1n) is 8.67. The molecule has 2 rings (SSSR count). The van der Waals surface area contributed by atoms with E-state index in [1.807, 2.05) is 19.1 Å². The Balaban J connectivity index is 1.75. The number of halogens is 1. The molecule has 0 radical (unpaired) electrons. The number of methoxy groups -OCH3 is 1. The molecule has 150 valence electrons. The smallest absolute Gasteiger partial charge is 0.309 e. The van der Waals surface area contributed by atoms with Gasteiger partial charge in [-0.3, -0.25) is 9.59 Å². The molecule has 0 atom stereocenters. The second kappa shape index (κ2) is 11.0. The summed E-state index contributed by atoms with van der Waals surface area (Å²) in [7, 11) is 1.47. The fourth-order valence-electron chi connectivity index (χ4n) is 2.27. The number of amides is 1. The molecule has 1 amide bonds. The van der Waals surface area contributed by atoms with Crippen molar-refractivity contribution in [1.82, 2.24) is 0 Å². The first-order valence-corrected chi connectivity index (χ1v) is 9.05. The number of carbonyl (C=O) groups is 2. The van der Waals surface area contributed by atoms with Crippen molar-refractivity contribution >= 4 is 29.2 Å². The number of anilines is 1. The van der Waals surface area contributed by atoms with Gasteiger partial charge in [-0.05, 0) is 37.3 Å². The van der Waals surface area contributed by atoms with Gasteiger partial charge in [-0.25, -0.2) is 0 Å². The van der Waals surface area contributed by atoms with E-state index in [9.17, 15) is 9.59 Å². The highest BCUT2D eigenvalue weighted by Crippen LogP contribution is 2.28. The Labute approximate surface area is 168 Å². The molecule has 0 aliphatic carbocycles. The molecule has 2 aromatic rings. The van der Waals surface area contributed by atoms with Gasteiger partial charge in [0.25, 0.3) is 5.91 Å². The van der Waals surface area contributed by atoms with Gasteiger partial charge in [0, 0.05) is 5.02 Å². The van der Waals surface area contributed by atoms with Gasteiger partial charge in [-0.15, -0.1) is 0 Å². The lowest BCUT2D eigenvalue weighted by molar-refractivity contribution is -0.147. The minimum absolute atomic E-state index is 0.00573. The van der Waals surface area contributed by atoms with E-state index in [2.05, 4.69) is 5.32 Å². The lowest BCUT2D eigenvalue weighted by atomic mass is 10.3. The van der Waals surface area contributed by atoms with E-state index in [0.717, 1.165) is 0 Å². The lowest BCUT2D eigenvalue weighted by Gasteiger charge is -2.12. The van der Waals surface area contributed by atoms with Gasteiger partial charge in [0.15, 0.2) is 18.1 Å². The molecule has 28 heavy (non-hydrogen) atoms. The maximum absolute atomic E-state index is 12.0. The van der Waals surface area contributed by atoms with Gasteiger partial charge in [-0.1, -0.05) is 23.7 Å². The zero-order valence-electron chi connectivity index (χ0n) is 15.7. The Kier molecular flexibility index (Phi) is 8.42. The average molecular weight is 408 g/mol. The first kappa shape index (κ1) is 21.4. The van der Waals surface area contributed by atoms with Gasteiger partial charge in [0.2, 0.25) is 0 Å². The van der Waals surface area contributed by atoms with E-state index < -0.39 is 18.5 Å². The van der Waals surface area contributed by atoms with Gasteiger partial charge in [0.05, 0.1) is 32.4 Å². The summed E-state index contributed by atoms with van der Waals surface area (Å²) in [6.45, 7) is 2.06. The third-order valence-corrected chi connectivity index (χ3v) is 3.75. The van der Waals surface area contributed by atoms with Crippen molar-refractivity contribution in [2.24, 2.45) is 0 Å². The predicted molar refractivity (Wildman–Crippen MR) is 105 cm³/mol. The number of hydrogen-bond donors (Lipinski definition) is 1. The molecule has 0 aliphatic rings. The van der Waals surface area contributed by atoms with Crippen molar-refractivity contribution in [3.8, 4) is 17.2 Å². The summed E-state index contributed by atoms with van der Waals surface area (Å²) in [5.41, 5.74) is 0.395. The number of rotatable bonds is 10. The summed E-state index contributed by atoms with van der Waals surface area (Å²) in [6.07, 6.45) is -0.00573. The summed E-state index contributed by atoms with van der Waals surface area (Å²) in [6, 6.07) is 12.0. The summed E-state index contributed by atoms with van der Waals surface area (Å²) in [5.74, 6) is 0.542. The van der Waals surface area contributed by atoms with Crippen molar-refractivity contribution in [3.63, 3.8) is 0 Å². The number of esters is 1. The number of hydrogen-bond acceptors (Lipinski definition) is 6. The van der Waals surface area contributed by atoms with Gasteiger partial charge in [0.1, 0.15) is 5.75 Å². The molecule has 1 N–H and O–H groups in total. The van der Waals surface area contributed by atoms with Crippen LogP contribution in [0.1, 0.15) is 13.3 Å². The van der Waals surface area contributed by atoms with Crippen LogP contribution in [0.2, 0.25) is 5.02 Å². The highest BCUT2D eigenvalue weighted by molar-refractivity contribution is 6.31. The average Bonchev–Trinajstić information content (AvgIpc) is 2.68. The van der Waals surface area contributed by atoms with Crippen molar-refractivity contribution in [2.45, 2.75) is 13.3 Å². The molecular weight excluding hydrogens is 386 g/mol. The first-order chi connectivity index (χ1) is 13.5. The number of benzene rings is 2. The van der Waals surface area contributed by atoms with Crippen molar-refractivity contribution in [2.75, 3.05) is 32.2 Å².